The summed E-state index contributed by atoms with van der Waals surface area (Å²) in [6, 6.07) is 3.16. The molecule has 0 bridgehead atoms. The van der Waals surface area contributed by atoms with Gasteiger partial charge in [-0.25, -0.2) is 0 Å². The van der Waals surface area contributed by atoms with Crippen LogP contribution in [0.5, 0.6) is 0 Å². The Hall–Kier alpha value is -0.940. The maximum atomic E-state index is 12.3. The maximum absolute atomic E-state index is 12.3. The number of hydrogen-bond acceptors (Lipinski definition) is 2. The van der Waals surface area contributed by atoms with E-state index in [-0.39, 0.29) is 10.7 Å². The molecule has 0 spiro atoms. The fraction of sp³-hybridized carbons (Fsp3) is 0.333. The number of benzene rings is 1. The van der Waals surface area contributed by atoms with Gasteiger partial charge >= 0.3 is 6.18 Å². The van der Waals surface area contributed by atoms with Crippen molar-refractivity contribution in [1.29, 1.82) is 0 Å². The molecule has 0 radical (unpaired) electrons. The number of anilines is 1. The summed E-state index contributed by atoms with van der Waals surface area (Å²) in [7, 11) is 1.68. The van der Waals surface area contributed by atoms with Gasteiger partial charge in [0.15, 0.2) is 0 Å². The third-order valence-corrected chi connectivity index (χ3v) is 2.08. The second-order valence-electron chi connectivity index (χ2n) is 2.90. The van der Waals surface area contributed by atoms with E-state index in [4.69, 9.17) is 11.6 Å². The van der Waals surface area contributed by atoms with Crippen LogP contribution in [0.4, 0.5) is 18.9 Å². The lowest BCUT2D eigenvalue weighted by atomic mass is 10.2. The molecule has 0 amide bonds. The lowest BCUT2D eigenvalue weighted by Crippen LogP contribution is -2.17. The first kappa shape index (κ1) is 12.1. The Balaban J connectivity index is 2.95. The molecule has 0 saturated carbocycles. The van der Waals surface area contributed by atoms with Gasteiger partial charge in [-0.2, -0.15) is 13.2 Å². The molecule has 1 rings (SSSR count). The van der Waals surface area contributed by atoms with Crippen LogP contribution >= 0.6 is 11.6 Å². The highest BCUT2D eigenvalue weighted by atomic mass is 35.5. The summed E-state index contributed by atoms with van der Waals surface area (Å²) < 4.78 is 37.0. The van der Waals surface area contributed by atoms with Crippen molar-refractivity contribution in [2.24, 2.45) is 0 Å². The van der Waals surface area contributed by atoms with Gasteiger partial charge in [0.1, 0.15) is 0 Å². The molecule has 15 heavy (non-hydrogen) atoms. The van der Waals surface area contributed by atoms with Crippen molar-refractivity contribution in [3.05, 3.63) is 28.8 Å². The zero-order valence-electron chi connectivity index (χ0n) is 7.95. The fourth-order valence-electron chi connectivity index (χ4n) is 1.02. The predicted molar refractivity (Wildman–Crippen MR) is 54.0 cm³/mol. The molecule has 0 saturated heterocycles. The van der Waals surface area contributed by atoms with Crippen molar-refractivity contribution in [3.63, 3.8) is 0 Å². The van der Waals surface area contributed by atoms with Crippen LogP contribution in [0.25, 0.3) is 0 Å². The molecule has 0 aromatic heterocycles. The number of rotatable bonds is 3. The molecule has 1 aromatic rings. The largest absolute Gasteiger partial charge is 0.416 e. The highest BCUT2D eigenvalue weighted by molar-refractivity contribution is 6.33. The van der Waals surface area contributed by atoms with Gasteiger partial charge in [0.05, 0.1) is 22.9 Å². The predicted octanol–water partition coefficient (Wildman–Crippen LogP) is 2.95. The second-order valence-corrected chi connectivity index (χ2v) is 3.31. The average molecular weight is 239 g/mol. The number of hydrogen-bond donors (Lipinski definition) is 2. The molecule has 0 unspecified atom stereocenters. The Morgan fingerprint density at radius 3 is 2.53 bits per heavy atom. The third-order valence-electron chi connectivity index (χ3n) is 1.75. The summed E-state index contributed by atoms with van der Waals surface area (Å²) in [6.45, 7) is 0.348. The van der Waals surface area contributed by atoms with Gasteiger partial charge in [0, 0.05) is 0 Å². The van der Waals surface area contributed by atoms with E-state index in [1.165, 1.54) is 6.07 Å². The van der Waals surface area contributed by atoms with Crippen LogP contribution in [0.15, 0.2) is 18.2 Å². The first-order chi connectivity index (χ1) is 6.95. The van der Waals surface area contributed by atoms with Crippen LogP contribution < -0.4 is 10.6 Å². The molecular formula is C9H10ClF3N2. The quantitative estimate of drug-likeness (QED) is 0.792. The molecule has 1 aromatic carbocycles. The SMILES string of the molecule is CNCNc1cc(C(F)(F)F)ccc1Cl. The van der Waals surface area contributed by atoms with E-state index in [9.17, 15) is 13.2 Å². The van der Waals surface area contributed by atoms with Crippen molar-refractivity contribution in [1.82, 2.24) is 5.32 Å². The van der Waals surface area contributed by atoms with Gasteiger partial charge in [-0.3, -0.25) is 0 Å². The second kappa shape index (κ2) is 4.72. The van der Waals surface area contributed by atoms with Gasteiger partial charge in [-0.15, -0.1) is 0 Å². The molecule has 0 aliphatic heterocycles. The molecule has 0 aliphatic rings. The van der Waals surface area contributed by atoms with E-state index < -0.39 is 11.7 Å². The first-order valence-electron chi connectivity index (χ1n) is 4.20. The normalized spacial score (nSPS) is 11.5. The Kier molecular flexibility index (Phi) is 3.82. The van der Waals surface area contributed by atoms with Gasteiger partial charge < -0.3 is 10.6 Å². The Labute approximate surface area is 90.4 Å². The van der Waals surface area contributed by atoms with Crippen molar-refractivity contribution in [3.8, 4) is 0 Å². The zero-order chi connectivity index (χ0) is 11.5. The van der Waals surface area contributed by atoms with Crippen LogP contribution in [-0.4, -0.2) is 13.7 Å². The van der Waals surface area contributed by atoms with E-state index in [2.05, 4.69) is 10.6 Å². The van der Waals surface area contributed by atoms with E-state index in [0.29, 0.717) is 6.67 Å². The molecule has 0 aliphatic carbocycles. The highest BCUT2D eigenvalue weighted by Gasteiger charge is 2.30. The Bertz CT molecular complexity index is 339. The highest BCUT2D eigenvalue weighted by Crippen LogP contribution is 2.33. The van der Waals surface area contributed by atoms with Crippen LogP contribution in [-0.2, 0) is 6.18 Å². The summed E-state index contributed by atoms with van der Waals surface area (Å²) >= 11 is 5.72. The number of halogens is 4. The molecule has 6 heteroatoms. The average Bonchev–Trinajstić information content (AvgIpc) is 2.15. The van der Waals surface area contributed by atoms with Gasteiger partial charge in [0.2, 0.25) is 0 Å². The molecule has 2 N–H and O–H groups in total. The van der Waals surface area contributed by atoms with Crippen molar-refractivity contribution in [2.45, 2.75) is 6.18 Å². The number of nitrogens with one attached hydrogen (secondary N) is 2. The van der Waals surface area contributed by atoms with Crippen LogP contribution in [0.1, 0.15) is 5.56 Å². The van der Waals surface area contributed by atoms with Crippen molar-refractivity contribution in [2.75, 3.05) is 19.0 Å². The summed E-state index contributed by atoms with van der Waals surface area (Å²) in [5, 5.41) is 5.74. The standard InChI is InChI=1S/C9H10ClF3N2/c1-14-5-15-8-4-6(9(11,12)13)2-3-7(8)10/h2-4,14-15H,5H2,1H3. The minimum absolute atomic E-state index is 0.262. The number of alkyl halides is 3. The molecule has 0 heterocycles. The summed E-state index contributed by atoms with van der Waals surface area (Å²) in [6.07, 6.45) is -4.35. The summed E-state index contributed by atoms with van der Waals surface area (Å²) in [4.78, 5) is 0. The van der Waals surface area contributed by atoms with E-state index >= 15 is 0 Å². The van der Waals surface area contributed by atoms with Gasteiger partial charge in [0.25, 0.3) is 0 Å². The van der Waals surface area contributed by atoms with Crippen LogP contribution in [0.2, 0.25) is 5.02 Å². The first-order valence-corrected chi connectivity index (χ1v) is 4.58. The Morgan fingerprint density at radius 2 is 2.00 bits per heavy atom. The summed E-state index contributed by atoms with van der Waals surface area (Å²) in [5.41, 5.74) is -0.452. The monoisotopic (exact) mass is 238 g/mol. The van der Waals surface area contributed by atoms with Gasteiger partial charge in [-0.1, -0.05) is 11.6 Å². The molecule has 84 valence electrons. The van der Waals surface area contributed by atoms with Crippen LogP contribution in [0.3, 0.4) is 0 Å². The zero-order valence-corrected chi connectivity index (χ0v) is 8.71. The van der Waals surface area contributed by atoms with E-state index in [1.807, 2.05) is 0 Å². The van der Waals surface area contributed by atoms with Crippen LogP contribution in [0, 0.1) is 0 Å². The molecule has 2 nitrogen and oxygen atoms in total. The van der Waals surface area contributed by atoms with Crippen molar-refractivity contribution >= 4 is 17.3 Å². The molecular weight excluding hydrogens is 229 g/mol. The minimum Gasteiger partial charge on any atom is -0.371 e. The minimum atomic E-state index is -4.35. The molecule has 0 atom stereocenters. The topological polar surface area (TPSA) is 24.1 Å². The lowest BCUT2D eigenvalue weighted by Gasteiger charge is -2.11. The smallest absolute Gasteiger partial charge is 0.371 e. The third kappa shape index (κ3) is 3.28. The Morgan fingerprint density at radius 1 is 1.33 bits per heavy atom. The fourth-order valence-corrected chi connectivity index (χ4v) is 1.21. The lowest BCUT2D eigenvalue weighted by molar-refractivity contribution is -0.137. The van der Waals surface area contributed by atoms with Crippen molar-refractivity contribution < 1.29 is 13.2 Å². The van der Waals surface area contributed by atoms with E-state index in [0.717, 1.165) is 12.1 Å². The summed E-state index contributed by atoms with van der Waals surface area (Å²) in [5.74, 6) is 0. The van der Waals surface area contributed by atoms with Gasteiger partial charge in [-0.05, 0) is 25.2 Å². The maximum Gasteiger partial charge on any atom is 0.416 e. The molecule has 0 fully saturated rings. The van der Waals surface area contributed by atoms with E-state index in [1.54, 1.807) is 7.05 Å².